The normalized spacial score (nSPS) is 25.0. The van der Waals surface area contributed by atoms with Gasteiger partial charge in [-0.15, -0.1) is 10.2 Å². The van der Waals surface area contributed by atoms with E-state index in [9.17, 15) is 4.79 Å². The monoisotopic (exact) mass is 285 g/mol. The molecule has 0 spiro atoms. The molecule has 2 aromatic rings. The summed E-state index contributed by atoms with van der Waals surface area (Å²) >= 11 is 0. The van der Waals surface area contributed by atoms with Crippen LogP contribution in [-0.4, -0.2) is 26.7 Å². The lowest BCUT2D eigenvalue weighted by Gasteiger charge is -2.27. The van der Waals surface area contributed by atoms with Gasteiger partial charge in [0.2, 0.25) is 5.91 Å². The van der Waals surface area contributed by atoms with Gasteiger partial charge in [-0.25, -0.2) is 0 Å². The zero-order valence-electron chi connectivity index (χ0n) is 12.0. The Labute approximate surface area is 123 Å². The van der Waals surface area contributed by atoms with Gasteiger partial charge >= 0.3 is 0 Å². The van der Waals surface area contributed by atoms with Crippen LogP contribution in [0.1, 0.15) is 26.2 Å². The lowest BCUT2D eigenvalue weighted by molar-refractivity contribution is -0.125. The summed E-state index contributed by atoms with van der Waals surface area (Å²) in [5, 5.41) is 10.5. The summed E-state index contributed by atoms with van der Waals surface area (Å²) in [5.41, 5.74) is 7.27. The summed E-state index contributed by atoms with van der Waals surface area (Å²) in [6.45, 7) is 1.95. The highest BCUT2D eigenvalue weighted by atomic mass is 16.2. The highest BCUT2D eigenvalue weighted by molar-refractivity contribution is 5.96. The van der Waals surface area contributed by atoms with Crippen LogP contribution in [0.4, 0.5) is 5.69 Å². The Morgan fingerprint density at radius 2 is 2.19 bits per heavy atom. The van der Waals surface area contributed by atoms with Gasteiger partial charge < -0.3 is 11.1 Å². The number of nitrogens with two attached hydrogens (primary N) is 1. The molecule has 1 heterocycles. The molecule has 1 aromatic carbocycles. The van der Waals surface area contributed by atoms with Gasteiger partial charge in [0.05, 0.1) is 11.1 Å². The van der Waals surface area contributed by atoms with Crippen molar-refractivity contribution in [3.8, 4) is 5.69 Å². The fraction of sp³-hybridized carbons (Fsp3) is 0.400. The van der Waals surface area contributed by atoms with Crippen molar-refractivity contribution in [2.75, 3.05) is 5.32 Å². The number of nitrogens with zero attached hydrogens (tertiary/aromatic N) is 3. The fourth-order valence-electron chi connectivity index (χ4n) is 2.83. The van der Waals surface area contributed by atoms with E-state index < -0.39 is 5.41 Å². The first kappa shape index (κ1) is 13.8. The second-order valence-corrected chi connectivity index (χ2v) is 5.79. The van der Waals surface area contributed by atoms with Crippen molar-refractivity contribution in [1.82, 2.24) is 14.8 Å². The molecule has 0 bridgehead atoms. The van der Waals surface area contributed by atoms with Crippen molar-refractivity contribution >= 4 is 11.6 Å². The van der Waals surface area contributed by atoms with E-state index in [2.05, 4.69) is 15.5 Å². The van der Waals surface area contributed by atoms with Gasteiger partial charge in [0, 0.05) is 11.7 Å². The minimum Gasteiger partial charge on any atom is -0.327 e. The van der Waals surface area contributed by atoms with Crippen LogP contribution in [0.3, 0.4) is 0 Å². The number of nitrogens with one attached hydrogen (secondary N) is 1. The molecule has 6 heteroatoms. The Morgan fingerprint density at radius 3 is 2.86 bits per heavy atom. The highest BCUT2D eigenvalue weighted by Gasteiger charge is 2.42. The zero-order chi connectivity index (χ0) is 14.9. The highest BCUT2D eigenvalue weighted by Crippen LogP contribution is 2.37. The Hall–Kier alpha value is -2.21. The van der Waals surface area contributed by atoms with Gasteiger partial charge in [-0.1, -0.05) is 12.5 Å². The predicted molar refractivity (Wildman–Crippen MR) is 79.9 cm³/mol. The zero-order valence-corrected chi connectivity index (χ0v) is 12.0. The average Bonchev–Trinajstić information content (AvgIpc) is 3.11. The maximum atomic E-state index is 12.5. The largest absolute Gasteiger partial charge is 0.327 e. The number of carbonyl (C=O) groups excluding carboxylic acids is 1. The van der Waals surface area contributed by atoms with Crippen LogP contribution >= 0.6 is 0 Å². The topological polar surface area (TPSA) is 85.8 Å². The lowest BCUT2D eigenvalue weighted by Crippen LogP contribution is -2.44. The molecular formula is C15H19N5O. The summed E-state index contributed by atoms with van der Waals surface area (Å²) in [4.78, 5) is 12.5. The van der Waals surface area contributed by atoms with Crippen LogP contribution in [0.2, 0.25) is 0 Å². The first-order chi connectivity index (χ1) is 10.1. The molecule has 3 N–H and O–H groups in total. The van der Waals surface area contributed by atoms with Crippen molar-refractivity contribution in [1.29, 1.82) is 0 Å². The number of hydrogen-bond donors (Lipinski definition) is 2. The Bertz CT molecular complexity index is 639. The summed E-state index contributed by atoms with van der Waals surface area (Å²) in [7, 11) is 0. The molecule has 110 valence electrons. The first-order valence-electron chi connectivity index (χ1n) is 7.12. The van der Waals surface area contributed by atoms with Gasteiger partial charge in [0.1, 0.15) is 12.7 Å². The average molecular weight is 285 g/mol. The van der Waals surface area contributed by atoms with Gasteiger partial charge in [-0.3, -0.25) is 9.36 Å². The standard InChI is InChI=1S/C15H19N5O/c1-15(7-3-6-13(15)16)14(21)19-11-4-2-5-12(8-11)20-9-17-18-10-20/h2,4-5,8-10,13H,3,6-7,16H2,1H3,(H,19,21). The Morgan fingerprint density at radius 1 is 1.43 bits per heavy atom. The first-order valence-corrected chi connectivity index (χ1v) is 7.12. The van der Waals surface area contributed by atoms with E-state index in [0.29, 0.717) is 0 Å². The minimum absolute atomic E-state index is 0.00611. The number of anilines is 1. The molecular weight excluding hydrogens is 266 g/mol. The molecule has 2 atom stereocenters. The molecule has 3 rings (SSSR count). The maximum Gasteiger partial charge on any atom is 0.231 e. The van der Waals surface area contributed by atoms with Crippen molar-refractivity contribution in [3.63, 3.8) is 0 Å². The predicted octanol–water partition coefficient (Wildman–Crippen LogP) is 1.72. The molecule has 1 amide bonds. The van der Waals surface area contributed by atoms with E-state index >= 15 is 0 Å². The van der Waals surface area contributed by atoms with E-state index in [4.69, 9.17) is 5.73 Å². The molecule has 1 aliphatic rings. The molecule has 1 saturated carbocycles. The fourth-order valence-corrected chi connectivity index (χ4v) is 2.83. The molecule has 0 aliphatic heterocycles. The van der Waals surface area contributed by atoms with Gasteiger partial charge in [0.25, 0.3) is 0 Å². The molecule has 2 unspecified atom stereocenters. The van der Waals surface area contributed by atoms with Crippen LogP contribution in [-0.2, 0) is 4.79 Å². The second-order valence-electron chi connectivity index (χ2n) is 5.79. The van der Waals surface area contributed by atoms with E-state index in [1.807, 2.05) is 31.2 Å². The lowest BCUT2D eigenvalue weighted by atomic mass is 9.84. The molecule has 6 nitrogen and oxygen atoms in total. The molecule has 21 heavy (non-hydrogen) atoms. The molecule has 1 aromatic heterocycles. The second kappa shape index (κ2) is 5.29. The van der Waals surface area contributed by atoms with E-state index in [1.54, 1.807) is 17.2 Å². The Kier molecular flexibility index (Phi) is 3.47. The smallest absolute Gasteiger partial charge is 0.231 e. The number of rotatable bonds is 3. The van der Waals surface area contributed by atoms with Crippen molar-refractivity contribution in [2.45, 2.75) is 32.2 Å². The van der Waals surface area contributed by atoms with Gasteiger partial charge in [-0.05, 0) is 38.0 Å². The summed E-state index contributed by atoms with van der Waals surface area (Å²) in [6, 6.07) is 7.52. The molecule has 0 radical (unpaired) electrons. The summed E-state index contributed by atoms with van der Waals surface area (Å²) in [6.07, 6.45) is 5.99. The summed E-state index contributed by atoms with van der Waals surface area (Å²) < 4.78 is 1.79. The third-order valence-electron chi connectivity index (χ3n) is 4.37. The third kappa shape index (κ3) is 2.54. The van der Waals surface area contributed by atoms with Crippen molar-refractivity contribution in [2.24, 2.45) is 11.1 Å². The molecule has 1 aliphatic carbocycles. The van der Waals surface area contributed by atoms with Crippen LogP contribution in [0, 0.1) is 5.41 Å². The van der Waals surface area contributed by atoms with E-state index in [1.165, 1.54) is 0 Å². The van der Waals surface area contributed by atoms with Gasteiger partial charge in [-0.2, -0.15) is 0 Å². The number of hydrogen-bond acceptors (Lipinski definition) is 4. The minimum atomic E-state index is -0.480. The number of amides is 1. The Balaban J connectivity index is 1.79. The van der Waals surface area contributed by atoms with Crippen LogP contribution in [0.15, 0.2) is 36.9 Å². The van der Waals surface area contributed by atoms with Crippen molar-refractivity contribution in [3.05, 3.63) is 36.9 Å². The SMILES string of the molecule is CC1(C(=O)Nc2cccc(-n3cnnc3)c2)CCCC1N. The third-order valence-corrected chi connectivity index (χ3v) is 4.37. The quantitative estimate of drug-likeness (QED) is 0.899. The van der Waals surface area contributed by atoms with Crippen LogP contribution < -0.4 is 11.1 Å². The molecule has 0 saturated heterocycles. The van der Waals surface area contributed by atoms with E-state index in [0.717, 1.165) is 30.6 Å². The van der Waals surface area contributed by atoms with Gasteiger partial charge in [0.15, 0.2) is 0 Å². The molecule has 1 fully saturated rings. The summed E-state index contributed by atoms with van der Waals surface area (Å²) in [5.74, 6) is -0.00611. The number of carbonyl (C=O) groups is 1. The van der Waals surface area contributed by atoms with E-state index in [-0.39, 0.29) is 11.9 Å². The number of benzene rings is 1. The maximum absolute atomic E-state index is 12.5. The van der Waals surface area contributed by atoms with Crippen LogP contribution in [0.25, 0.3) is 5.69 Å². The van der Waals surface area contributed by atoms with Crippen molar-refractivity contribution < 1.29 is 4.79 Å². The number of aromatic nitrogens is 3. The van der Waals surface area contributed by atoms with Crippen LogP contribution in [0.5, 0.6) is 0 Å².